The Hall–Kier alpha value is -4.24. The number of thiophene rings is 1. The molecule has 2 saturated heterocycles. The normalized spacial score (nSPS) is 18.6. The topological polar surface area (TPSA) is 98.8 Å². The summed E-state index contributed by atoms with van der Waals surface area (Å²) in [6.45, 7) is 2.73. The van der Waals surface area contributed by atoms with Gasteiger partial charge in [-0.05, 0) is 72.5 Å². The summed E-state index contributed by atoms with van der Waals surface area (Å²) in [5.41, 5.74) is 3.33. The van der Waals surface area contributed by atoms with Gasteiger partial charge in [0.1, 0.15) is 12.1 Å². The number of amides is 4. The highest BCUT2D eigenvalue weighted by molar-refractivity contribution is 7.10. The molecule has 212 valence electrons. The first-order valence-electron chi connectivity index (χ1n) is 14.0. The fourth-order valence-electron chi connectivity index (χ4n) is 5.42. The molecule has 3 aromatic rings. The molecule has 1 aromatic heterocycles. The van der Waals surface area contributed by atoms with Gasteiger partial charge < -0.3 is 20.4 Å². The fraction of sp³-hybridized carbons (Fsp3) is 0.312. The quantitative estimate of drug-likeness (QED) is 0.371. The molecule has 2 fully saturated rings. The van der Waals surface area contributed by atoms with Gasteiger partial charge in [0.05, 0.1) is 6.42 Å². The highest BCUT2D eigenvalue weighted by Gasteiger charge is 2.34. The van der Waals surface area contributed by atoms with Crippen LogP contribution in [0.25, 0.3) is 12.2 Å². The van der Waals surface area contributed by atoms with Crippen molar-refractivity contribution >= 4 is 58.5 Å². The molecular formula is C32H34N4O4S. The average Bonchev–Trinajstić information content (AvgIpc) is 3.75. The Bertz CT molecular complexity index is 1420. The van der Waals surface area contributed by atoms with Gasteiger partial charge in [0, 0.05) is 36.3 Å². The third-order valence-electron chi connectivity index (χ3n) is 7.57. The fourth-order valence-corrected chi connectivity index (χ4v) is 6.11. The van der Waals surface area contributed by atoms with Crippen LogP contribution in [0.3, 0.4) is 0 Å². The first-order valence-corrected chi connectivity index (χ1v) is 14.8. The molecule has 0 unspecified atom stereocenters. The second-order valence-electron chi connectivity index (χ2n) is 10.4. The van der Waals surface area contributed by atoms with Crippen LogP contribution in [-0.2, 0) is 25.6 Å². The first-order chi connectivity index (χ1) is 19.9. The number of nitrogens with one attached hydrogen (secondary N) is 2. The molecular weight excluding hydrogens is 536 g/mol. The van der Waals surface area contributed by atoms with Crippen molar-refractivity contribution in [3.63, 3.8) is 0 Å². The lowest BCUT2D eigenvalue weighted by molar-refractivity contribution is -0.136. The monoisotopic (exact) mass is 570 g/mol. The standard InChI is InChI=1S/C32H34N4O4S/c1-22(37)35-18-2-6-28(35)31(39)33-25-14-10-23(11-15-25)8-9-24-12-16-26(17-13-24)34-32(40)29-7-3-19-36(29)30(38)21-27-5-4-20-41-27/h4-5,8-17,20,28-29H,2-3,6-7,18-19,21H2,1H3,(H,33,39)(H,34,40)/t28-,29-/m0/s1. The Morgan fingerprint density at radius 1 is 0.780 bits per heavy atom. The van der Waals surface area contributed by atoms with E-state index < -0.39 is 12.1 Å². The molecule has 8 nitrogen and oxygen atoms in total. The van der Waals surface area contributed by atoms with Crippen LogP contribution in [0.15, 0.2) is 66.0 Å². The van der Waals surface area contributed by atoms with Crippen molar-refractivity contribution in [1.82, 2.24) is 9.80 Å². The van der Waals surface area contributed by atoms with Crippen LogP contribution < -0.4 is 10.6 Å². The number of benzene rings is 2. The maximum Gasteiger partial charge on any atom is 0.247 e. The van der Waals surface area contributed by atoms with Gasteiger partial charge in [0.15, 0.2) is 0 Å². The first kappa shape index (κ1) is 28.3. The number of likely N-dealkylation sites (tertiary alicyclic amines) is 2. The van der Waals surface area contributed by atoms with Crippen molar-refractivity contribution in [2.75, 3.05) is 23.7 Å². The molecule has 0 bridgehead atoms. The predicted octanol–water partition coefficient (Wildman–Crippen LogP) is 5.04. The second kappa shape index (κ2) is 13.0. The molecule has 4 amide bonds. The molecule has 2 aliphatic heterocycles. The predicted molar refractivity (Wildman–Crippen MR) is 162 cm³/mol. The SMILES string of the molecule is CC(=O)N1CCC[C@H]1C(=O)Nc1ccc(C=Cc2ccc(NC(=O)[C@@H]3CCCN3C(=O)Cc3cccs3)cc2)cc1. The van der Waals surface area contributed by atoms with Gasteiger partial charge in [0.25, 0.3) is 0 Å². The van der Waals surface area contributed by atoms with E-state index in [0.717, 1.165) is 28.8 Å². The van der Waals surface area contributed by atoms with Crippen molar-refractivity contribution in [3.05, 3.63) is 82.0 Å². The molecule has 2 aliphatic rings. The van der Waals surface area contributed by atoms with E-state index in [1.165, 1.54) is 6.92 Å². The Labute approximate surface area is 244 Å². The van der Waals surface area contributed by atoms with Crippen LogP contribution >= 0.6 is 11.3 Å². The highest BCUT2D eigenvalue weighted by Crippen LogP contribution is 2.23. The molecule has 3 heterocycles. The zero-order chi connectivity index (χ0) is 28.8. The van der Waals surface area contributed by atoms with Crippen molar-refractivity contribution in [3.8, 4) is 0 Å². The number of carbonyl (C=O) groups is 4. The van der Waals surface area contributed by atoms with Crippen molar-refractivity contribution < 1.29 is 19.2 Å². The Kier molecular flexibility index (Phi) is 8.94. The van der Waals surface area contributed by atoms with Gasteiger partial charge >= 0.3 is 0 Å². The minimum atomic E-state index is -0.443. The zero-order valence-electron chi connectivity index (χ0n) is 23.0. The minimum Gasteiger partial charge on any atom is -0.331 e. The van der Waals surface area contributed by atoms with Gasteiger partial charge in [-0.15, -0.1) is 11.3 Å². The molecule has 41 heavy (non-hydrogen) atoms. The number of hydrogen-bond acceptors (Lipinski definition) is 5. The molecule has 0 spiro atoms. The molecule has 5 rings (SSSR count). The summed E-state index contributed by atoms with van der Waals surface area (Å²) < 4.78 is 0. The summed E-state index contributed by atoms with van der Waals surface area (Å²) in [6, 6.07) is 18.1. The van der Waals surface area contributed by atoms with Gasteiger partial charge in [-0.1, -0.05) is 42.5 Å². The molecule has 0 saturated carbocycles. The summed E-state index contributed by atoms with van der Waals surface area (Å²) in [5.74, 6) is -0.386. The minimum absolute atomic E-state index is 0.00515. The van der Waals surface area contributed by atoms with Crippen LogP contribution in [0.5, 0.6) is 0 Å². The maximum absolute atomic E-state index is 13.0. The van der Waals surface area contributed by atoms with E-state index in [-0.39, 0.29) is 23.6 Å². The lowest BCUT2D eigenvalue weighted by Gasteiger charge is -2.24. The summed E-state index contributed by atoms with van der Waals surface area (Å²) in [5, 5.41) is 7.84. The van der Waals surface area contributed by atoms with Crippen LogP contribution in [-0.4, -0.2) is 58.6 Å². The van der Waals surface area contributed by atoms with Crippen molar-refractivity contribution in [2.24, 2.45) is 0 Å². The molecule has 0 aliphatic carbocycles. The summed E-state index contributed by atoms with van der Waals surface area (Å²) in [7, 11) is 0. The van der Waals surface area contributed by atoms with E-state index in [4.69, 9.17) is 0 Å². The number of rotatable bonds is 8. The summed E-state index contributed by atoms with van der Waals surface area (Å²) in [6.07, 6.45) is 7.30. The lowest BCUT2D eigenvalue weighted by Crippen LogP contribution is -2.43. The van der Waals surface area contributed by atoms with E-state index in [9.17, 15) is 19.2 Å². The number of nitrogens with zero attached hydrogens (tertiary/aromatic N) is 2. The van der Waals surface area contributed by atoms with Crippen LogP contribution in [0.2, 0.25) is 0 Å². The van der Waals surface area contributed by atoms with Crippen LogP contribution in [0, 0.1) is 0 Å². The highest BCUT2D eigenvalue weighted by atomic mass is 32.1. The number of carbonyl (C=O) groups excluding carboxylic acids is 4. The lowest BCUT2D eigenvalue weighted by atomic mass is 10.1. The largest absolute Gasteiger partial charge is 0.331 e. The third-order valence-corrected chi connectivity index (χ3v) is 8.44. The van der Waals surface area contributed by atoms with Crippen LogP contribution in [0.1, 0.15) is 48.6 Å². The van der Waals surface area contributed by atoms with Crippen molar-refractivity contribution in [2.45, 2.75) is 51.1 Å². The Balaban J connectivity index is 1.12. The van der Waals surface area contributed by atoms with E-state index >= 15 is 0 Å². The summed E-state index contributed by atoms with van der Waals surface area (Å²) >= 11 is 1.55. The zero-order valence-corrected chi connectivity index (χ0v) is 23.9. The van der Waals surface area contributed by atoms with Gasteiger partial charge in [-0.25, -0.2) is 0 Å². The smallest absolute Gasteiger partial charge is 0.247 e. The van der Waals surface area contributed by atoms with Gasteiger partial charge in [-0.2, -0.15) is 0 Å². The maximum atomic E-state index is 13.0. The van der Waals surface area contributed by atoms with E-state index in [1.807, 2.05) is 78.2 Å². The second-order valence-corrected chi connectivity index (χ2v) is 11.5. The van der Waals surface area contributed by atoms with Gasteiger partial charge in [-0.3, -0.25) is 19.2 Å². The summed E-state index contributed by atoms with van der Waals surface area (Å²) in [4.78, 5) is 54.5. The molecule has 2 atom stereocenters. The molecule has 0 radical (unpaired) electrons. The van der Waals surface area contributed by atoms with E-state index in [0.29, 0.717) is 43.7 Å². The van der Waals surface area contributed by atoms with Gasteiger partial charge in [0.2, 0.25) is 23.6 Å². The third kappa shape index (κ3) is 7.10. The average molecular weight is 571 g/mol. The Morgan fingerprint density at radius 3 is 1.78 bits per heavy atom. The van der Waals surface area contributed by atoms with Crippen LogP contribution in [0.4, 0.5) is 11.4 Å². The molecule has 9 heteroatoms. The number of hydrogen-bond donors (Lipinski definition) is 2. The van der Waals surface area contributed by atoms with E-state index in [2.05, 4.69) is 10.6 Å². The van der Waals surface area contributed by atoms with E-state index in [1.54, 1.807) is 21.1 Å². The number of anilines is 2. The van der Waals surface area contributed by atoms with Crippen molar-refractivity contribution in [1.29, 1.82) is 0 Å². The molecule has 2 aromatic carbocycles. The molecule has 2 N–H and O–H groups in total. The Morgan fingerprint density at radius 2 is 1.29 bits per heavy atom.